The van der Waals surface area contributed by atoms with Gasteiger partial charge in [-0.15, -0.1) is 0 Å². The van der Waals surface area contributed by atoms with Crippen LogP contribution in [0.5, 0.6) is 0 Å². The Morgan fingerprint density at radius 3 is 2.22 bits per heavy atom. The Morgan fingerprint density at radius 2 is 1.65 bits per heavy atom. The largest absolute Gasteiger partial charge is 0.463 e. The first-order chi connectivity index (χ1) is 11.1. The lowest BCUT2D eigenvalue weighted by molar-refractivity contribution is 0.554. The molecule has 1 aromatic heterocycles. The second-order valence-electron chi connectivity index (χ2n) is 5.87. The summed E-state index contributed by atoms with van der Waals surface area (Å²) in [4.78, 5) is 2.21. The van der Waals surface area contributed by atoms with E-state index in [4.69, 9.17) is 4.42 Å². The third kappa shape index (κ3) is 11.0. The molecule has 6 heteroatoms. The zero-order chi connectivity index (χ0) is 16.8. The molecular weight excluding hydrogens is 312 g/mol. The van der Waals surface area contributed by atoms with Crippen molar-refractivity contribution in [1.82, 2.24) is 4.83 Å². The van der Waals surface area contributed by atoms with E-state index < -0.39 is 10.0 Å². The normalized spacial score (nSPS) is 12.0. The van der Waals surface area contributed by atoms with E-state index in [1.807, 2.05) is 0 Å². The van der Waals surface area contributed by atoms with Crippen LogP contribution < -0.4 is 4.83 Å². The molecule has 23 heavy (non-hydrogen) atoms. The van der Waals surface area contributed by atoms with Crippen LogP contribution >= 0.6 is 0 Å². The van der Waals surface area contributed by atoms with Gasteiger partial charge in [-0.05, 0) is 18.6 Å². The van der Waals surface area contributed by atoms with Gasteiger partial charge in [0.05, 0.1) is 18.2 Å². The zero-order valence-electron chi connectivity index (χ0n) is 14.2. The predicted molar refractivity (Wildman–Crippen MR) is 95.1 cm³/mol. The fourth-order valence-electron chi connectivity index (χ4n) is 2.36. The molecule has 0 aliphatic rings. The lowest BCUT2D eigenvalue weighted by Crippen LogP contribution is -2.21. The highest BCUT2D eigenvalue weighted by atomic mass is 32.2. The first-order valence-electron chi connectivity index (χ1n) is 8.70. The van der Waals surface area contributed by atoms with Gasteiger partial charge in [0.1, 0.15) is 5.76 Å². The Kier molecular flexibility index (Phi) is 10.4. The molecule has 0 atom stereocenters. The summed E-state index contributed by atoms with van der Waals surface area (Å²) >= 11 is 0. The summed E-state index contributed by atoms with van der Waals surface area (Å²) in [5, 5.41) is 3.69. The summed E-state index contributed by atoms with van der Waals surface area (Å²) in [5.41, 5.74) is 0. The molecule has 0 saturated carbocycles. The van der Waals surface area contributed by atoms with Crippen molar-refractivity contribution in [1.29, 1.82) is 0 Å². The van der Waals surface area contributed by atoms with E-state index in [1.54, 1.807) is 12.1 Å². The van der Waals surface area contributed by atoms with Crippen LogP contribution in [0.2, 0.25) is 0 Å². The van der Waals surface area contributed by atoms with Gasteiger partial charge in [-0.25, -0.2) is 13.2 Å². The lowest BCUT2D eigenvalue weighted by atomic mass is 10.1. The van der Waals surface area contributed by atoms with Crippen molar-refractivity contribution >= 4 is 16.2 Å². The highest BCUT2D eigenvalue weighted by Gasteiger charge is 2.07. The number of nitrogens with zero attached hydrogens (tertiary/aromatic N) is 1. The van der Waals surface area contributed by atoms with Crippen LogP contribution in [0.3, 0.4) is 0 Å². The van der Waals surface area contributed by atoms with Crippen LogP contribution in [0, 0.1) is 0 Å². The molecular formula is C17H30N2O3S. The Balaban J connectivity index is 1.99. The van der Waals surface area contributed by atoms with Crippen molar-refractivity contribution in [2.45, 2.75) is 71.1 Å². The van der Waals surface area contributed by atoms with E-state index >= 15 is 0 Å². The fourth-order valence-corrected chi connectivity index (χ4v) is 3.25. The zero-order valence-corrected chi connectivity index (χ0v) is 15.0. The standard InChI is InChI=1S/C17H30N2O3S/c1-2-3-4-5-6-7-8-9-10-11-15-23(20,21)19-18-16-17-13-12-14-22-17/h12-14,16,19H,2-11,15H2,1H3/b18-16-. The Morgan fingerprint density at radius 1 is 1.04 bits per heavy atom. The number of sulfonamides is 1. The Hall–Kier alpha value is -1.30. The van der Waals surface area contributed by atoms with Crippen molar-refractivity contribution in [2.75, 3.05) is 5.75 Å². The van der Waals surface area contributed by atoms with Gasteiger partial charge in [0.15, 0.2) is 0 Å². The van der Waals surface area contributed by atoms with Gasteiger partial charge in [-0.2, -0.15) is 5.10 Å². The lowest BCUT2D eigenvalue weighted by Gasteiger charge is -2.04. The van der Waals surface area contributed by atoms with Crippen LogP contribution in [-0.2, 0) is 10.0 Å². The summed E-state index contributed by atoms with van der Waals surface area (Å²) in [6.07, 6.45) is 14.7. The Bertz CT molecular complexity index is 510. The molecule has 1 N–H and O–H groups in total. The molecule has 132 valence electrons. The second kappa shape index (κ2) is 12.2. The second-order valence-corrected chi connectivity index (χ2v) is 7.69. The summed E-state index contributed by atoms with van der Waals surface area (Å²) in [5.74, 6) is 0.644. The average molecular weight is 343 g/mol. The molecule has 0 bridgehead atoms. The molecule has 0 radical (unpaired) electrons. The average Bonchev–Trinajstić information content (AvgIpc) is 3.02. The summed E-state index contributed by atoms with van der Waals surface area (Å²) in [6.45, 7) is 2.23. The number of hydrogen-bond donors (Lipinski definition) is 1. The minimum absolute atomic E-state index is 0.124. The first kappa shape index (κ1) is 19.7. The molecule has 0 aromatic carbocycles. The first-order valence-corrected chi connectivity index (χ1v) is 10.4. The molecule has 0 spiro atoms. The van der Waals surface area contributed by atoms with Crippen LogP contribution in [0.1, 0.15) is 76.9 Å². The van der Waals surface area contributed by atoms with Crippen molar-refractivity contribution in [3.63, 3.8) is 0 Å². The number of hydrazone groups is 1. The summed E-state index contributed by atoms with van der Waals surface area (Å²) in [6, 6.07) is 3.43. The molecule has 0 fully saturated rings. The fraction of sp³-hybridized carbons (Fsp3) is 0.706. The third-order valence-electron chi connectivity index (χ3n) is 3.69. The van der Waals surface area contributed by atoms with E-state index in [1.165, 1.54) is 57.4 Å². The third-order valence-corrected chi connectivity index (χ3v) is 4.90. The number of nitrogens with one attached hydrogen (secondary N) is 1. The van der Waals surface area contributed by atoms with Crippen molar-refractivity contribution < 1.29 is 12.8 Å². The van der Waals surface area contributed by atoms with Crippen molar-refractivity contribution in [3.05, 3.63) is 24.2 Å². The highest BCUT2D eigenvalue weighted by molar-refractivity contribution is 7.89. The molecule has 0 amide bonds. The highest BCUT2D eigenvalue weighted by Crippen LogP contribution is 2.10. The van der Waals surface area contributed by atoms with E-state index in [2.05, 4.69) is 16.9 Å². The monoisotopic (exact) mass is 342 g/mol. The van der Waals surface area contributed by atoms with E-state index in [0.717, 1.165) is 12.8 Å². The summed E-state index contributed by atoms with van der Waals surface area (Å²) in [7, 11) is -3.33. The van der Waals surface area contributed by atoms with Gasteiger partial charge in [0.25, 0.3) is 0 Å². The molecule has 1 heterocycles. The van der Waals surface area contributed by atoms with Gasteiger partial charge in [0, 0.05) is 0 Å². The molecule has 5 nitrogen and oxygen atoms in total. The molecule has 0 saturated heterocycles. The van der Waals surface area contributed by atoms with Gasteiger partial charge in [-0.3, -0.25) is 0 Å². The topological polar surface area (TPSA) is 71.7 Å². The van der Waals surface area contributed by atoms with E-state index in [0.29, 0.717) is 12.2 Å². The van der Waals surface area contributed by atoms with Gasteiger partial charge < -0.3 is 4.42 Å². The minimum Gasteiger partial charge on any atom is -0.463 e. The maximum Gasteiger partial charge on any atom is 0.247 e. The molecule has 0 unspecified atom stereocenters. The minimum atomic E-state index is -3.33. The van der Waals surface area contributed by atoms with Crippen LogP contribution in [-0.4, -0.2) is 20.4 Å². The molecule has 1 rings (SSSR count). The van der Waals surface area contributed by atoms with E-state index in [-0.39, 0.29) is 5.75 Å². The predicted octanol–water partition coefficient (Wildman–Crippen LogP) is 4.45. The molecule has 0 aliphatic carbocycles. The van der Waals surface area contributed by atoms with Crippen LogP contribution in [0.4, 0.5) is 0 Å². The Labute approximate surface area is 140 Å². The number of unbranched alkanes of at least 4 members (excludes halogenated alkanes) is 9. The quantitative estimate of drug-likeness (QED) is 0.308. The van der Waals surface area contributed by atoms with Crippen molar-refractivity contribution in [3.8, 4) is 0 Å². The maximum absolute atomic E-state index is 11.7. The van der Waals surface area contributed by atoms with Crippen LogP contribution in [0.25, 0.3) is 0 Å². The van der Waals surface area contributed by atoms with Gasteiger partial charge in [0.2, 0.25) is 10.0 Å². The van der Waals surface area contributed by atoms with E-state index in [9.17, 15) is 8.42 Å². The SMILES string of the molecule is CCCCCCCCCCCCS(=O)(=O)N/N=C\c1ccco1. The van der Waals surface area contributed by atoms with Gasteiger partial charge in [-0.1, -0.05) is 64.7 Å². The smallest absolute Gasteiger partial charge is 0.247 e. The molecule has 1 aromatic rings. The molecule has 0 aliphatic heterocycles. The number of hydrogen-bond acceptors (Lipinski definition) is 4. The number of rotatable bonds is 14. The van der Waals surface area contributed by atoms with Gasteiger partial charge >= 0.3 is 0 Å². The summed E-state index contributed by atoms with van der Waals surface area (Å²) < 4.78 is 28.5. The van der Waals surface area contributed by atoms with Crippen molar-refractivity contribution in [2.24, 2.45) is 5.10 Å². The number of furan rings is 1. The maximum atomic E-state index is 11.7. The van der Waals surface area contributed by atoms with Crippen LogP contribution in [0.15, 0.2) is 27.9 Å².